The molecule has 0 aromatic carbocycles. The van der Waals surface area contributed by atoms with Crippen LogP contribution in [0.4, 0.5) is 0 Å². The van der Waals surface area contributed by atoms with Crippen LogP contribution in [0.1, 0.15) is 19.3 Å². The summed E-state index contributed by atoms with van der Waals surface area (Å²) in [6.07, 6.45) is 1.29. The summed E-state index contributed by atoms with van der Waals surface area (Å²) in [5.74, 6) is -1.53. The first-order valence-corrected chi connectivity index (χ1v) is 5.54. The van der Waals surface area contributed by atoms with Gasteiger partial charge in [0, 0.05) is 6.54 Å². The van der Waals surface area contributed by atoms with Crippen LogP contribution in [-0.2, 0) is 23.9 Å². The van der Waals surface area contributed by atoms with E-state index in [0.29, 0.717) is 13.0 Å². The number of carbonyl (C=O) groups excluding carboxylic acids is 3. The minimum absolute atomic E-state index is 0.142. The van der Waals surface area contributed by atoms with Gasteiger partial charge in [0.25, 0.3) is 0 Å². The molecule has 0 aliphatic carbocycles. The molecule has 2 aliphatic rings. The number of ether oxygens (including phenoxy) is 2. The van der Waals surface area contributed by atoms with E-state index in [4.69, 9.17) is 9.47 Å². The molecule has 1 amide bonds. The predicted molar refractivity (Wildman–Crippen MR) is 55.8 cm³/mol. The summed E-state index contributed by atoms with van der Waals surface area (Å²) in [6, 6.07) is -0.408. The Balaban J connectivity index is 2.44. The van der Waals surface area contributed by atoms with Crippen LogP contribution in [0.25, 0.3) is 0 Å². The van der Waals surface area contributed by atoms with E-state index in [9.17, 15) is 14.4 Å². The lowest BCUT2D eigenvalue weighted by molar-refractivity contribution is -0.170. The molecule has 2 heterocycles. The summed E-state index contributed by atoms with van der Waals surface area (Å²) in [6.45, 7) is 0.596. The van der Waals surface area contributed by atoms with Gasteiger partial charge in [0.2, 0.25) is 5.91 Å². The molecule has 2 rings (SSSR count). The second-order valence-electron chi connectivity index (χ2n) is 4.38. The number of esters is 2. The number of amides is 1. The normalized spacial score (nSPS) is 25.6. The van der Waals surface area contributed by atoms with Crippen molar-refractivity contribution in [2.45, 2.75) is 25.3 Å². The monoisotopic (exact) mass is 241 g/mol. The molecule has 0 spiro atoms. The Morgan fingerprint density at radius 1 is 1.29 bits per heavy atom. The number of hydrogen-bond donors (Lipinski definition) is 0. The van der Waals surface area contributed by atoms with Crippen LogP contribution in [-0.4, -0.2) is 49.6 Å². The van der Waals surface area contributed by atoms with Gasteiger partial charge in [-0.25, -0.2) is 0 Å². The fourth-order valence-electron chi connectivity index (χ4n) is 2.90. The van der Waals surface area contributed by atoms with Crippen molar-refractivity contribution in [1.82, 2.24) is 4.90 Å². The number of nitrogens with zero attached hydrogens (tertiary/aromatic N) is 1. The van der Waals surface area contributed by atoms with Crippen LogP contribution in [0.3, 0.4) is 0 Å². The van der Waals surface area contributed by atoms with Crippen molar-refractivity contribution in [3.05, 3.63) is 0 Å². The number of fused-ring (bicyclic) bond motifs is 1. The number of hydrogen-bond acceptors (Lipinski definition) is 5. The Hall–Kier alpha value is -1.59. The maximum atomic E-state index is 11.9. The third kappa shape index (κ3) is 1.43. The molecule has 2 aliphatic heterocycles. The van der Waals surface area contributed by atoms with Gasteiger partial charge < -0.3 is 14.4 Å². The van der Waals surface area contributed by atoms with E-state index in [2.05, 4.69) is 0 Å². The zero-order chi connectivity index (χ0) is 12.6. The second-order valence-corrected chi connectivity index (χ2v) is 4.38. The maximum absolute atomic E-state index is 11.9. The maximum Gasteiger partial charge on any atom is 0.325 e. The van der Waals surface area contributed by atoms with Gasteiger partial charge in [-0.05, 0) is 12.8 Å². The van der Waals surface area contributed by atoms with E-state index in [-0.39, 0.29) is 12.3 Å². The van der Waals surface area contributed by atoms with Gasteiger partial charge in [0.05, 0.1) is 26.7 Å². The lowest BCUT2D eigenvalue weighted by atomic mass is 9.79. The average Bonchev–Trinajstić information content (AvgIpc) is 2.91. The highest BCUT2D eigenvalue weighted by atomic mass is 16.5. The molecule has 6 nitrogen and oxygen atoms in total. The standard InChI is InChI=1S/C11H15NO5/c1-16-9(14)11(10(15)17-2)6-8(13)12-5-3-4-7(11)12/h7H,3-6H2,1-2H3. The van der Waals surface area contributed by atoms with Crippen molar-refractivity contribution in [2.24, 2.45) is 5.41 Å². The summed E-state index contributed by atoms with van der Waals surface area (Å²) in [5, 5.41) is 0. The first kappa shape index (κ1) is 11.9. The van der Waals surface area contributed by atoms with Crippen molar-refractivity contribution in [1.29, 1.82) is 0 Å². The van der Waals surface area contributed by atoms with E-state index >= 15 is 0 Å². The fraction of sp³-hybridized carbons (Fsp3) is 0.727. The second kappa shape index (κ2) is 4.01. The van der Waals surface area contributed by atoms with Crippen LogP contribution in [0.5, 0.6) is 0 Å². The first-order valence-electron chi connectivity index (χ1n) is 5.54. The smallest absolute Gasteiger partial charge is 0.325 e. The summed E-state index contributed by atoms with van der Waals surface area (Å²) < 4.78 is 9.40. The predicted octanol–water partition coefficient (Wildman–Crippen LogP) is -0.287. The SMILES string of the molecule is COC(=O)C1(C(=O)OC)CC(=O)N2CCCC21. The van der Waals surface area contributed by atoms with Crippen LogP contribution < -0.4 is 0 Å². The van der Waals surface area contributed by atoms with E-state index in [1.165, 1.54) is 14.2 Å². The van der Waals surface area contributed by atoms with Crippen LogP contribution in [0.15, 0.2) is 0 Å². The largest absolute Gasteiger partial charge is 0.468 e. The Labute approximate surface area is 98.8 Å². The van der Waals surface area contributed by atoms with Gasteiger partial charge >= 0.3 is 11.9 Å². The minimum atomic E-state index is -1.46. The van der Waals surface area contributed by atoms with Crippen LogP contribution in [0, 0.1) is 5.41 Å². The molecule has 2 saturated heterocycles. The summed E-state index contributed by atoms with van der Waals surface area (Å²) in [7, 11) is 2.43. The molecule has 94 valence electrons. The van der Waals surface area contributed by atoms with Gasteiger partial charge in [0.1, 0.15) is 0 Å². The third-order valence-electron chi connectivity index (χ3n) is 3.67. The molecule has 0 aromatic heterocycles. The zero-order valence-corrected chi connectivity index (χ0v) is 9.89. The van der Waals surface area contributed by atoms with E-state index in [0.717, 1.165) is 6.42 Å². The van der Waals surface area contributed by atoms with Crippen molar-refractivity contribution in [3.63, 3.8) is 0 Å². The first-order chi connectivity index (χ1) is 8.07. The molecule has 0 N–H and O–H groups in total. The molecule has 2 fully saturated rings. The average molecular weight is 241 g/mol. The minimum Gasteiger partial charge on any atom is -0.468 e. The van der Waals surface area contributed by atoms with Crippen molar-refractivity contribution in [3.8, 4) is 0 Å². The molecule has 0 saturated carbocycles. The highest BCUT2D eigenvalue weighted by Gasteiger charge is 2.64. The summed E-state index contributed by atoms with van der Waals surface area (Å²) >= 11 is 0. The summed E-state index contributed by atoms with van der Waals surface area (Å²) in [5.41, 5.74) is -1.46. The Morgan fingerprint density at radius 3 is 2.41 bits per heavy atom. The van der Waals surface area contributed by atoms with Gasteiger partial charge in [-0.1, -0.05) is 0 Å². The van der Waals surface area contributed by atoms with Crippen molar-refractivity contribution < 1.29 is 23.9 Å². The lowest BCUT2D eigenvalue weighted by Gasteiger charge is -2.28. The van der Waals surface area contributed by atoms with Gasteiger partial charge in [-0.3, -0.25) is 14.4 Å². The Morgan fingerprint density at radius 2 is 1.88 bits per heavy atom. The fourth-order valence-corrected chi connectivity index (χ4v) is 2.90. The van der Waals surface area contributed by atoms with E-state index < -0.39 is 23.4 Å². The Bertz CT molecular complexity index is 362. The molecule has 0 bridgehead atoms. The summed E-state index contributed by atoms with van der Waals surface area (Å²) in [4.78, 5) is 37.3. The molecular formula is C11H15NO5. The molecule has 17 heavy (non-hydrogen) atoms. The lowest BCUT2D eigenvalue weighted by Crippen LogP contribution is -2.49. The highest BCUT2D eigenvalue weighted by molar-refractivity contribution is 6.07. The number of methoxy groups -OCH3 is 2. The number of rotatable bonds is 2. The highest BCUT2D eigenvalue weighted by Crippen LogP contribution is 2.45. The van der Waals surface area contributed by atoms with Gasteiger partial charge in [0.15, 0.2) is 5.41 Å². The van der Waals surface area contributed by atoms with Crippen LogP contribution >= 0.6 is 0 Å². The molecule has 1 unspecified atom stereocenters. The van der Waals surface area contributed by atoms with Crippen LogP contribution in [0.2, 0.25) is 0 Å². The molecule has 0 aromatic rings. The molecular weight excluding hydrogens is 226 g/mol. The van der Waals surface area contributed by atoms with E-state index in [1.54, 1.807) is 4.90 Å². The molecule has 0 radical (unpaired) electrons. The zero-order valence-electron chi connectivity index (χ0n) is 9.89. The van der Waals surface area contributed by atoms with Crippen molar-refractivity contribution in [2.75, 3.05) is 20.8 Å². The Kier molecular flexibility index (Phi) is 2.81. The van der Waals surface area contributed by atoms with Gasteiger partial charge in [-0.2, -0.15) is 0 Å². The van der Waals surface area contributed by atoms with Gasteiger partial charge in [-0.15, -0.1) is 0 Å². The number of carbonyl (C=O) groups is 3. The topological polar surface area (TPSA) is 72.9 Å². The quantitative estimate of drug-likeness (QED) is 0.491. The third-order valence-corrected chi connectivity index (χ3v) is 3.67. The molecule has 1 atom stereocenters. The van der Waals surface area contributed by atoms with E-state index in [1.807, 2.05) is 0 Å². The molecule has 6 heteroatoms. The van der Waals surface area contributed by atoms with Crippen molar-refractivity contribution >= 4 is 17.8 Å².